The number of rotatable bonds is 4. The Morgan fingerprint density at radius 1 is 1.08 bits per heavy atom. The number of nitriles is 1. The average molecular weight is 327 g/mol. The smallest absolute Gasteiger partial charge is 0.132 e. The molecule has 0 unspecified atom stereocenters. The minimum absolute atomic E-state index is 0.568. The highest BCUT2D eigenvalue weighted by Crippen LogP contribution is 2.41. The lowest BCUT2D eigenvalue weighted by Crippen LogP contribution is -1.99. The van der Waals surface area contributed by atoms with Crippen LogP contribution in [0.1, 0.15) is 35.6 Å². The van der Waals surface area contributed by atoms with Crippen LogP contribution in [0.2, 0.25) is 0 Å². The molecule has 0 radical (unpaired) electrons. The molecule has 3 aromatic heterocycles. The van der Waals surface area contributed by atoms with Gasteiger partial charge in [0.25, 0.3) is 0 Å². The zero-order valence-electron chi connectivity index (χ0n) is 13.9. The third-order valence-corrected chi connectivity index (χ3v) is 4.25. The lowest BCUT2D eigenvalue weighted by atomic mass is 10.1. The van der Waals surface area contributed by atoms with Crippen LogP contribution in [0.3, 0.4) is 0 Å². The van der Waals surface area contributed by atoms with Gasteiger partial charge in [-0.25, -0.2) is 9.97 Å². The Balaban J connectivity index is 1.71. The first-order chi connectivity index (χ1) is 12.2. The van der Waals surface area contributed by atoms with Crippen molar-refractivity contribution in [3.05, 3.63) is 65.6 Å². The van der Waals surface area contributed by atoms with Crippen LogP contribution < -0.4 is 5.32 Å². The first-order valence-electron chi connectivity index (χ1n) is 8.29. The van der Waals surface area contributed by atoms with Crippen LogP contribution in [0.5, 0.6) is 0 Å². The van der Waals surface area contributed by atoms with E-state index in [1.807, 2.05) is 25.3 Å². The van der Waals surface area contributed by atoms with Crippen molar-refractivity contribution in [1.29, 1.82) is 5.26 Å². The number of nitrogens with one attached hydrogen (secondary N) is 1. The van der Waals surface area contributed by atoms with Gasteiger partial charge in [-0.3, -0.25) is 4.98 Å². The molecule has 0 amide bonds. The fraction of sp³-hybridized carbons (Fsp3) is 0.200. The Kier molecular flexibility index (Phi) is 3.87. The van der Waals surface area contributed by atoms with Crippen molar-refractivity contribution in [2.45, 2.75) is 25.7 Å². The van der Waals surface area contributed by atoms with Crippen LogP contribution in [0.4, 0.5) is 11.6 Å². The molecule has 122 valence electrons. The van der Waals surface area contributed by atoms with E-state index in [-0.39, 0.29) is 0 Å². The quantitative estimate of drug-likeness (QED) is 0.771. The van der Waals surface area contributed by atoms with Crippen LogP contribution in [0, 0.1) is 18.3 Å². The maximum absolute atomic E-state index is 9.04. The van der Waals surface area contributed by atoms with Crippen LogP contribution in [0.25, 0.3) is 11.3 Å². The topological polar surface area (TPSA) is 74.5 Å². The van der Waals surface area contributed by atoms with Crippen LogP contribution in [-0.4, -0.2) is 15.0 Å². The maximum Gasteiger partial charge on any atom is 0.132 e. The Bertz CT molecular complexity index is 953. The molecular formula is C20H17N5. The molecule has 3 heterocycles. The monoisotopic (exact) mass is 327 g/mol. The molecule has 1 aliphatic rings. The molecule has 1 N–H and O–H groups in total. The average Bonchev–Trinajstić information content (AvgIpc) is 3.47. The van der Waals surface area contributed by atoms with E-state index in [1.165, 1.54) is 18.4 Å². The molecule has 5 heteroatoms. The molecule has 1 saturated carbocycles. The molecule has 0 aliphatic heterocycles. The zero-order valence-corrected chi connectivity index (χ0v) is 13.9. The van der Waals surface area contributed by atoms with E-state index in [2.05, 4.69) is 33.5 Å². The summed E-state index contributed by atoms with van der Waals surface area (Å²) in [6.45, 7) is 1.97. The highest BCUT2D eigenvalue weighted by atomic mass is 15.1. The van der Waals surface area contributed by atoms with E-state index in [1.54, 1.807) is 18.3 Å². The second kappa shape index (κ2) is 6.33. The first kappa shape index (κ1) is 15.3. The van der Waals surface area contributed by atoms with Gasteiger partial charge in [-0.2, -0.15) is 5.26 Å². The second-order valence-electron chi connectivity index (χ2n) is 6.30. The van der Waals surface area contributed by atoms with E-state index in [0.29, 0.717) is 17.3 Å². The molecule has 0 atom stereocenters. The van der Waals surface area contributed by atoms with Gasteiger partial charge in [0.05, 0.1) is 17.3 Å². The maximum atomic E-state index is 9.04. The van der Waals surface area contributed by atoms with Gasteiger partial charge in [0, 0.05) is 23.7 Å². The number of hydrogen-bond donors (Lipinski definition) is 1. The van der Waals surface area contributed by atoms with Gasteiger partial charge >= 0.3 is 0 Å². The van der Waals surface area contributed by atoms with E-state index in [0.717, 1.165) is 22.8 Å². The van der Waals surface area contributed by atoms with Crippen molar-refractivity contribution >= 4 is 11.6 Å². The Labute approximate surface area is 146 Å². The molecule has 25 heavy (non-hydrogen) atoms. The van der Waals surface area contributed by atoms with Crippen molar-refractivity contribution in [2.75, 3.05) is 5.32 Å². The summed E-state index contributed by atoms with van der Waals surface area (Å²) in [7, 11) is 0. The number of anilines is 2. The Hall–Kier alpha value is -3.26. The van der Waals surface area contributed by atoms with Gasteiger partial charge in [-0.05, 0) is 67.6 Å². The molecule has 4 rings (SSSR count). The van der Waals surface area contributed by atoms with Crippen molar-refractivity contribution < 1.29 is 0 Å². The highest BCUT2D eigenvalue weighted by Gasteiger charge is 2.25. The second-order valence-corrected chi connectivity index (χ2v) is 6.30. The Morgan fingerprint density at radius 2 is 1.96 bits per heavy atom. The van der Waals surface area contributed by atoms with Crippen molar-refractivity contribution in [2.24, 2.45) is 0 Å². The summed E-state index contributed by atoms with van der Waals surface area (Å²) in [5.41, 5.74) is 4.73. The summed E-state index contributed by atoms with van der Waals surface area (Å²) >= 11 is 0. The minimum atomic E-state index is 0.568. The van der Waals surface area contributed by atoms with Crippen molar-refractivity contribution in [1.82, 2.24) is 15.0 Å². The molecule has 5 nitrogen and oxygen atoms in total. The third-order valence-electron chi connectivity index (χ3n) is 4.25. The van der Waals surface area contributed by atoms with Gasteiger partial charge < -0.3 is 5.32 Å². The zero-order chi connectivity index (χ0) is 17.2. The fourth-order valence-electron chi connectivity index (χ4n) is 2.73. The standard InChI is InChI=1S/C20H17N5/c1-13-2-3-16(12-23-13)18-9-17(15-4-5-15)10-20(24-18)25-19-8-14(11-21)6-7-22-19/h2-3,6-10,12,15H,4-5H2,1H3,(H,22,24,25). The number of nitrogens with zero attached hydrogens (tertiary/aromatic N) is 4. The summed E-state index contributed by atoms with van der Waals surface area (Å²) in [6, 6.07) is 13.8. The molecule has 0 spiro atoms. The summed E-state index contributed by atoms with van der Waals surface area (Å²) in [5.74, 6) is 1.97. The van der Waals surface area contributed by atoms with Crippen LogP contribution >= 0.6 is 0 Å². The summed E-state index contributed by atoms with van der Waals surface area (Å²) < 4.78 is 0. The number of pyridine rings is 3. The number of aryl methyl sites for hydroxylation is 1. The van der Waals surface area contributed by atoms with E-state index in [9.17, 15) is 0 Å². The van der Waals surface area contributed by atoms with E-state index < -0.39 is 0 Å². The predicted octanol–water partition coefficient (Wildman–Crippen LogP) is 4.34. The normalized spacial score (nSPS) is 13.3. The van der Waals surface area contributed by atoms with Gasteiger partial charge in [-0.15, -0.1) is 0 Å². The molecule has 1 fully saturated rings. The first-order valence-corrected chi connectivity index (χ1v) is 8.29. The minimum Gasteiger partial charge on any atom is -0.325 e. The lowest BCUT2D eigenvalue weighted by molar-refractivity contribution is 1.11. The SMILES string of the molecule is Cc1ccc(-c2cc(C3CC3)cc(Nc3cc(C#N)ccn3)n2)cn1. The summed E-state index contributed by atoms with van der Waals surface area (Å²) in [4.78, 5) is 13.4. The molecular weight excluding hydrogens is 310 g/mol. The van der Waals surface area contributed by atoms with Crippen LogP contribution in [0.15, 0.2) is 48.8 Å². The molecule has 0 aromatic carbocycles. The van der Waals surface area contributed by atoms with Crippen molar-refractivity contribution in [3.8, 4) is 17.3 Å². The third kappa shape index (κ3) is 3.48. The van der Waals surface area contributed by atoms with E-state index in [4.69, 9.17) is 10.2 Å². The number of aromatic nitrogens is 3. The summed E-state index contributed by atoms with van der Waals surface area (Å²) in [6.07, 6.45) is 5.91. The van der Waals surface area contributed by atoms with E-state index >= 15 is 0 Å². The fourth-order valence-corrected chi connectivity index (χ4v) is 2.73. The molecule has 1 aliphatic carbocycles. The van der Waals surface area contributed by atoms with Crippen molar-refractivity contribution in [3.63, 3.8) is 0 Å². The largest absolute Gasteiger partial charge is 0.325 e. The van der Waals surface area contributed by atoms with Gasteiger partial charge in [0.15, 0.2) is 0 Å². The molecule has 3 aromatic rings. The summed E-state index contributed by atoms with van der Waals surface area (Å²) in [5, 5.41) is 12.3. The number of hydrogen-bond acceptors (Lipinski definition) is 5. The molecule has 0 bridgehead atoms. The van der Waals surface area contributed by atoms with Gasteiger partial charge in [0.2, 0.25) is 0 Å². The van der Waals surface area contributed by atoms with Crippen LogP contribution in [-0.2, 0) is 0 Å². The molecule has 0 saturated heterocycles. The predicted molar refractivity (Wildman–Crippen MR) is 96.4 cm³/mol. The highest BCUT2D eigenvalue weighted by molar-refractivity contribution is 5.65. The van der Waals surface area contributed by atoms with Gasteiger partial charge in [-0.1, -0.05) is 0 Å². The van der Waals surface area contributed by atoms with Gasteiger partial charge in [0.1, 0.15) is 11.6 Å². The lowest BCUT2D eigenvalue weighted by Gasteiger charge is -2.10. The Morgan fingerprint density at radius 3 is 2.68 bits per heavy atom.